The van der Waals surface area contributed by atoms with E-state index in [1.165, 1.54) is 49.6 Å². The number of nitrogens with zero attached hydrogens (tertiary/aromatic N) is 4. The zero-order chi connectivity index (χ0) is 34.8. The highest BCUT2D eigenvalue weighted by atomic mass is 15.0. The van der Waals surface area contributed by atoms with Crippen LogP contribution in [0.5, 0.6) is 0 Å². The Kier molecular flexibility index (Phi) is 6.80. The fraction of sp³-hybridized carbons (Fsp3) is 0.0625. The molecule has 246 valence electrons. The molecule has 0 saturated carbocycles. The molecule has 1 aliphatic rings. The normalized spacial score (nSPS) is 13.0. The first-order chi connectivity index (χ1) is 25.5. The molecule has 3 aromatic heterocycles. The van der Waals surface area contributed by atoms with Crippen LogP contribution in [-0.4, -0.2) is 19.5 Å². The third kappa shape index (κ3) is 4.72. The van der Waals surface area contributed by atoms with Crippen molar-refractivity contribution in [3.63, 3.8) is 0 Å². The average molecular weight is 667 g/mol. The molecule has 10 rings (SSSR count). The van der Waals surface area contributed by atoms with Crippen molar-refractivity contribution in [2.45, 2.75) is 19.3 Å². The van der Waals surface area contributed by atoms with Gasteiger partial charge < -0.3 is 4.57 Å². The summed E-state index contributed by atoms with van der Waals surface area (Å²) in [5.41, 5.74) is 15.5. The van der Waals surface area contributed by atoms with E-state index in [1.54, 1.807) is 6.20 Å². The zero-order valence-electron chi connectivity index (χ0n) is 29.0. The molecule has 1 aliphatic carbocycles. The van der Waals surface area contributed by atoms with Gasteiger partial charge in [0.25, 0.3) is 0 Å². The van der Waals surface area contributed by atoms with Gasteiger partial charge in [0.2, 0.25) is 0 Å². The summed E-state index contributed by atoms with van der Waals surface area (Å²) in [6.07, 6.45) is 3.70. The largest absolute Gasteiger partial charge is 0.309 e. The monoisotopic (exact) mass is 666 g/mol. The van der Waals surface area contributed by atoms with Gasteiger partial charge in [0.15, 0.2) is 5.82 Å². The van der Waals surface area contributed by atoms with E-state index in [2.05, 4.69) is 175 Å². The summed E-state index contributed by atoms with van der Waals surface area (Å²) in [5.74, 6) is 0.719. The predicted octanol–water partition coefficient (Wildman–Crippen LogP) is 11.9. The van der Waals surface area contributed by atoms with Crippen molar-refractivity contribution in [1.29, 1.82) is 0 Å². The minimum atomic E-state index is -0.256. The fourth-order valence-corrected chi connectivity index (χ4v) is 8.15. The van der Waals surface area contributed by atoms with Crippen LogP contribution >= 0.6 is 0 Å². The van der Waals surface area contributed by atoms with Gasteiger partial charge >= 0.3 is 0 Å². The molecule has 0 fully saturated rings. The van der Waals surface area contributed by atoms with Crippen LogP contribution in [0.2, 0.25) is 0 Å². The van der Waals surface area contributed by atoms with Crippen molar-refractivity contribution in [1.82, 2.24) is 19.5 Å². The molecule has 9 aromatic rings. The highest BCUT2D eigenvalue weighted by molar-refractivity contribution is 6.10. The van der Waals surface area contributed by atoms with Crippen molar-refractivity contribution in [3.8, 4) is 61.8 Å². The third-order valence-electron chi connectivity index (χ3n) is 10.7. The minimum absolute atomic E-state index is 0.256. The molecule has 4 nitrogen and oxygen atoms in total. The van der Waals surface area contributed by atoms with E-state index in [9.17, 15) is 0 Å². The van der Waals surface area contributed by atoms with Crippen molar-refractivity contribution >= 4 is 21.8 Å². The van der Waals surface area contributed by atoms with E-state index in [4.69, 9.17) is 9.97 Å². The van der Waals surface area contributed by atoms with Gasteiger partial charge in [-0.2, -0.15) is 0 Å². The van der Waals surface area contributed by atoms with E-state index < -0.39 is 0 Å². The first kappa shape index (κ1) is 30.2. The second kappa shape index (κ2) is 11.7. The van der Waals surface area contributed by atoms with Crippen molar-refractivity contribution in [2.24, 2.45) is 0 Å². The molecule has 0 aliphatic heterocycles. The van der Waals surface area contributed by atoms with Crippen LogP contribution in [-0.2, 0) is 5.41 Å². The summed E-state index contributed by atoms with van der Waals surface area (Å²) >= 11 is 0. The van der Waals surface area contributed by atoms with E-state index in [0.717, 1.165) is 45.2 Å². The van der Waals surface area contributed by atoms with Crippen molar-refractivity contribution in [3.05, 3.63) is 181 Å². The van der Waals surface area contributed by atoms with Crippen molar-refractivity contribution in [2.75, 3.05) is 0 Å². The van der Waals surface area contributed by atoms with E-state index in [1.807, 2.05) is 12.3 Å². The molecule has 4 heteroatoms. The molecule has 0 saturated heterocycles. The lowest BCUT2D eigenvalue weighted by Gasteiger charge is -2.24. The Hall–Kier alpha value is -6.65. The van der Waals surface area contributed by atoms with Crippen LogP contribution in [0.3, 0.4) is 0 Å². The highest BCUT2D eigenvalue weighted by Gasteiger charge is 2.40. The Bertz CT molecular complexity index is 2800. The van der Waals surface area contributed by atoms with Crippen LogP contribution in [0, 0.1) is 0 Å². The molecular weight excluding hydrogens is 633 g/mol. The van der Waals surface area contributed by atoms with Crippen LogP contribution in [0.4, 0.5) is 0 Å². The van der Waals surface area contributed by atoms with Crippen LogP contribution in [0.1, 0.15) is 25.0 Å². The quantitative estimate of drug-likeness (QED) is 0.184. The molecule has 0 atom stereocenters. The van der Waals surface area contributed by atoms with E-state index in [-0.39, 0.29) is 5.41 Å². The highest BCUT2D eigenvalue weighted by Crippen LogP contribution is 2.51. The summed E-state index contributed by atoms with van der Waals surface area (Å²) in [6.45, 7) is 4.59. The second-order valence-electron chi connectivity index (χ2n) is 14.1. The lowest BCUT2D eigenvalue weighted by molar-refractivity contribution is 0.658. The molecule has 0 radical (unpaired) electrons. The van der Waals surface area contributed by atoms with Gasteiger partial charge in [0.05, 0.1) is 22.4 Å². The van der Waals surface area contributed by atoms with Crippen molar-refractivity contribution < 1.29 is 0 Å². The number of rotatable bonds is 5. The minimum Gasteiger partial charge on any atom is -0.309 e. The molecule has 0 bridgehead atoms. The maximum Gasteiger partial charge on any atom is 0.160 e. The first-order valence-corrected chi connectivity index (χ1v) is 17.8. The van der Waals surface area contributed by atoms with Gasteiger partial charge in [-0.3, -0.25) is 4.98 Å². The summed E-state index contributed by atoms with van der Waals surface area (Å²) in [4.78, 5) is 15.0. The maximum atomic E-state index is 5.38. The maximum absolute atomic E-state index is 5.38. The fourth-order valence-electron chi connectivity index (χ4n) is 8.15. The summed E-state index contributed by atoms with van der Waals surface area (Å²) < 4.78 is 2.36. The topological polar surface area (TPSA) is 43.6 Å². The van der Waals surface area contributed by atoms with Gasteiger partial charge in [-0.05, 0) is 64.7 Å². The number of aromatic nitrogens is 4. The molecule has 0 unspecified atom stereocenters. The summed E-state index contributed by atoms with van der Waals surface area (Å²) in [5, 5.41) is 2.49. The number of hydrogen-bond donors (Lipinski definition) is 0. The number of benzene rings is 6. The predicted molar refractivity (Wildman–Crippen MR) is 213 cm³/mol. The third-order valence-corrected chi connectivity index (χ3v) is 10.7. The van der Waals surface area contributed by atoms with Gasteiger partial charge in [0.1, 0.15) is 0 Å². The second-order valence-corrected chi connectivity index (χ2v) is 14.1. The number of pyridine rings is 1. The Morgan fingerprint density at radius 1 is 0.481 bits per heavy atom. The molecule has 0 amide bonds. The standard InChI is InChI=1S/C48H34N4/c1-48(2)41-19-8-6-18-39(41)46-44(48)45(50-47(51-46)35-13-10-12-33(28-35)36-14-11-27-49-30-36)32-23-21-31(22-24-32)34-25-26-43-40(29-34)38-17-7-9-20-42(38)52(43)37-15-4-3-5-16-37/h3-30H,1-2H3. The van der Waals surface area contributed by atoms with Crippen LogP contribution in [0.25, 0.3) is 83.6 Å². The lowest BCUT2D eigenvalue weighted by Crippen LogP contribution is -2.17. The molecule has 0 N–H and O–H groups in total. The van der Waals surface area contributed by atoms with E-state index in [0.29, 0.717) is 0 Å². The zero-order valence-corrected chi connectivity index (χ0v) is 29.0. The molecule has 3 heterocycles. The first-order valence-electron chi connectivity index (χ1n) is 17.8. The molecule has 6 aromatic carbocycles. The number of para-hydroxylation sites is 2. The van der Waals surface area contributed by atoms with Gasteiger partial charge in [-0.1, -0.05) is 129 Å². The average Bonchev–Trinajstić information content (AvgIpc) is 3.66. The molecular formula is C48H34N4. The van der Waals surface area contributed by atoms with Gasteiger partial charge in [0, 0.05) is 62.1 Å². The van der Waals surface area contributed by atoms with Gasteiger partial charge in [-0.15, -0.1) is 0 Å². The number of fused-ring (bicyclic) bond motifs is 6. The smallest absolute Gasteiger partial charge is 0.160 e. The van der Waals surface area contributed by atoms with Crippen LogP contribution in [0.15, 0.2) is 170 Å². The summed E-state index contributed by atoms with van der Waals surface area (Å²) in [6, 6.07) is 56.2. The Labute approximate surface area is 302 Å². The Balaban J connectivity index is 1.10. The Morgan fingerprint density at radius 3 is 2.00 bits per heavy atom. The lowest BCUT2D eigenvalue weighted by atomic mass is 9.80. The summed E-state index contributed by atoms with van der Waals surface area (Å²) in [7, 11) is 0. The van der Waals surface area contributed by atoms with Gasteiger partial charge in [-0.25, -0.2) is 9.97 Å². The molecule has 52 heavy (non-hydrogen) atoms. The van der Waals surface area contributed by atoms with E-state index >= 15 is 0 Å². The number of hydrogen-bond acceptors (Lipinski definition) is 3. The molecule has 0 spiro atoms. The SMILES string of the molecule is CC1(C)c2ccccc2-c2nc(-c3cccc(-c4cccnc4)c3)nc(-c3ccc(-c4ccc5c(c4)c4ccccc4n5-c4ccccc4)cc3)c21. The Morgan fingerprint density at radius 2 is 1.15 bits per heavy atom. The van der Waals surface area contributed by atoms with Crippen LogP contribution < -0.4 is 0 Å².